The van der Waals surface area contributed by atoms with E-state index >= 15 is 0 Å². The van der Waals surface area contributed by atoms with Crippen molar-refractivity contribution in [3.8, 4) is 5.75 Å². The van der Waals surface area contributed by atoms with Gasteiger partial charge in [-0.15, -0.1) is 0 Å². The first-order valence-corrected chi connectivity index (χ1v) is 14.9. The van der Waals surface area contributed by atoms with Crippen LogP contribution in [0.25, 0.3) is 0 Å². The highest BCUT2D eigenvalue weighted by molar-refractivity contribution is 5.70. The van der Waals surface area contributed by atoms with Crippen molar-refractivity contribution in [1.82, 2.24) is 0 Å². The quantitative estimate of drug-likeness (QED) is 0.168. The number of aliphatic carboxylic acids is 1. The van der Waals surface area contributed by atoms with Crippen molar-refractivity contribution in [3.63, 3.8) is 0 Å². The molecule has 1 aromatic rings. The second-order valence-corrected chi connectivity index (χ2v) is 11.3. The summed E-state index contributed by atoms with van der Waals surface area (Å²) in [6.45, 7) is 1.67. The highest BCUT2D eigenvalue weighted by Crippen LogP contribution is 2.48. The minimum Gasteiger partial charge on any atom is -0.482 e. The summed E-state index contributed by atoms with van der Waals surface area (Å²) in [4.78, 5) is 23.4. The molecule has 220 valence electrons. The van der Waals surface area contributed by atoms with Gasteiger partial charge < -0.3 is 29.5 Å². The number of hydrogen-bond donors (Lipinski definition) is 3. The molecule has 0 spiro atoms. The van der Waals surface area contributed by atoms with Gasteiger partial charge in [-0.3, -0.25) is 0 Å². The normalized spacial score (nSPS) is 22.6. The zero-order chi connectivity index (χ0) is 28.0. The highest BCUT2D eigenvalue weighted by atomic mass is 16.6. The van der Waals surface area contributed by atoms with E-state index in [4.69, 9.17) is 24.4 Å². The maximum atomic E-state index is 12.4. The molecular weight excluding hydrogens is 500 g/mol. The molecule has 0 bridgehead atoms. The number of aliphatic hydroxyl groups excluding tert-OH is 2. The number of aliphatic hydroxyl groups is 2. The fraction of sp³-hybridized carbons (Fsp3) is 0.742. The van der Waals surface area contributed by atoms with Gasteiger partial charge in [0.25, 0.3) is 0 Å². The van der Waals surface area contributed by atoms with E-state index in [1.165, 1.54) is 37.7 Å². The van der Waals surface area contributed by atoms with Crippen LogP contribution in [0.1, 0.15) is 88.7 Å². The highest BCUT2D eigenvalue weighted by Gasteiger charge is 2.45. The maximum absolute atomic E-state index is 12.4. The Morgan fingerprint density at radius 1 is 1.03 bits per heavy atom. The van der Waals surface area contributed by atoms with Crippen molar-refractivity contribution >= 4 is 11.9 Å². The first-order chi connectivity index (χ1) is 18.9. The van der Waals surface area contributed by atoms with Crippen molar-refractivity contribution in [2.24, 2.45) is 17.8 Å². The summed E-state index contributed by atoms with van der Waals surface area (Å²) in [5.74, 6) is 0.0307. The smallest absolute Gasteiger partial charge is 0.341 e. The van der Waals surface area contributed by atoms with Crippen LogP contribution in [0.4, 0.5) is 0 Å². The summed E-state index contributed by atoms with van der Waals surface area (Å²) in [6.07, 6.45) is 12.4. The average molecular weight is 549 g/mol. The van der Waals surface area contributed by atoms with E-state index in [0.29, 0.717) is 24.0 Å². The number of fused-ring (bicyclic) bond motifs is 2. The first kappa shape index (κ1) is 31.4. The molecule has 1 fully saturated rings. The van der Waals surface area contributed by atoms with E-state index in [9.17, 15) is 14.7 Å². The summed E-state index contributed by atoms with van der Waals surface area (Å²) < 4.78 is 16.5. The van der Waals surface area contributed by atoms with E-state index < -0.39 is 18.0 Å². The van der Waals surface area contributed by atoms with Crippen molar-refractivity contribution in [2.45, 2.75) is 103 Å². The third-order valence-corrected chi connectivity index (χ3v) is 8.40. The van der Waals surface area contributed by atoms with Gasteiger partial charge in [0.05, 0.1) is 19.3 Å². The third-order valence-electron chi connectivity index (χ3n) is 8.40. The fourth-order valence-electron chi connectivity index (χ4n) is 6.49. The molecule has 39 heavy (non-hydrogen) atoms. The lowest BCUT2D eigenvalue weighted by Crippen LogP contribution is -2.29. The van der Waals surface area contributed by atoms with Crippen molar-refractivity contribution < 1.29 is 39.1 Å². The van der Waals surface area contributed by atoms with Crippen LogP contribution in [0.15, 0.2) is 18.2 Å². The van der Waals surface area contributed by atoms with Crippen LogP contribution < -0.4 is 4.74 Å². The second-order valence-electron chi connectivity index (χ2n) is 11.3. The molecular formula is C31H48O8. The van der Waals surface area contributed by atoms with Gasteiger partial charge >= 0.3 is 11.9 Å². The molecule has 8 nitrogen and oxygen atoms in total. The Labute approximate surface area is 233 Å². The standard InChI is InChI=1S/C31H48O8/c1-2-3-4-5-6-7-8-11-24(39-31(36)21-37-16-15-32)13-14-25-26-17-22-10-9-12-29(38-20-30(34)35)27(22)18-23(26)19-28(25)33/h9-10,12,23-26,28,32-33H,2-8,11,13-21H2,1H3,(H,34,35)/t23-,24-,25+,26-,28+/m0/s1. The van der Waals surface area contributed by atoms with Crippen LogP contribution in [0, 0.1) is 17.8 Å². The van der Waals surface area contributed by atoms with Crippen LogP contribution in [-0.2, 0) is 31.9 Å². The monoisotopic (exact) mass is 548 g/mol. The molecule has 0 aromatic heterocycles. The summed E-state index contributed by atoms with van der Waals surface area (Å²) in [6, 6.07) is 5.82. The predicted molar refractivity (Wildman–Crippen MR) is 148 cm³/mol. The predicted octanol–water partition coefficient (Wildman–Crippen LogP) is 4.70. The lowest BCUT2D eigenvalue weighted by Gasteiger charge is -2.32. The number of esters is 1. The van der Waals surface area contributed by atoms with Crippen LogP contribution >= 0.6 is 0 Å². The Kier molecular flexibility index (Phi) is 13.5. The van der Waals surface area contributed by atoms with Crippen molar-refractivity contribution in [2.75, 3.05) is 26.4 Å². The van der Waals surface area contributed by atoms with Gasteiger partial charge in [0.15, 0.2) is 6.61 Å². The van der Waals surface area contributed by atoms with E-state index in [-0.39, 0.29) is 38.4 Å². The molecule has 0 radical (unpaired) electrons. The number of benzene rings is 1. The van der Waals surface area contributed by atoms with Crippen molar-refractivity contribution in [3.05, 3.63) is 29.3 Å². The number of unbranched alkanes of at least 4 members (excludes halogenated alkanes) is 6. The van der Waals surface area contributed by atoms with E-state index in [1.54, 1.807) is 0 Å². The van der Waals surface area contributed by atoms with Crippen LogP contribution in [0.3, 0.4) is 0 Å². The Morgan fingerprint density at radius 2 is 1.79 bits per heavy atom. The average Bonchev–Trinajstić information content (AvgIpc) is 3.22. The molecule has 0 aliphatic heterocycles. The molecule has 2 aliphatic rings. The lowest BCUT2D eigenvalue weighted by molar-refractivity contribution is -0.155. The molecule has 0 heterocycles. The molecule has 3 rings (SSSR count). The summed E-state index contributed by atoms with van der Waals surface area (Å²) in [5, 5.41) is 29.0. The fourth-order valence-corrected chi connectivity index (χ4v) is 6.49. The molecule has 1 saturated carbocycles. The molecule has 1 aromatic carbocycles. The molecule has 3 N–H and O–H groups in total. The Morgan fingerprint density at radius 3 is 2.54 bits per heavy atom. The summed E-state index contributed by atoms with van der Waals surface area (Å²) in [7, 11) is 0. The largest absolute Gasteiger partial charge is 0.482 e. The minimum absolute atomic E-state index is 0.111. The van der Waals surface area contributed by atoms with E-state index in [2.05, 4.69) is 13.0 Å². The number of carboxylic acids is 1. The molecule has 8 heteroatoms. The third kappa shape index (κ3) is 10.1. The Bertz CT molecular complexity index is 887. The SMILES string of the molecule is CCCCCCCCC[C@@H](CC[C@@H]1[C@H]2Cc3cccc(OCC(=O)O)c3C[C@H]2C[C@H]1O)OC(=O)COCCO. The molecule has 0 saturated heterocycles. The zero-order valence-corrected chi connectivity index (χ0v) is 23.5. The van der Waals surface area contributed by atoms with Gasteiger partial charge in [-0.2, -0.15) is 0 Å². The van der Waals surface area contributed by atoms with E-state index in [0.717, 1.165) is 50.5 Å². The Hall–Kier alpha value is -2.16. The van der Waals surface area contributed by atoms with E-state index in [1.807, 2.05) is 12.1 Å². The van der Waals surface area contributed by atoms with Crippen LogP contribution in [-0.4, -0.2) is 65.9 Å². The number of ether oxygens (including phenoxy) is 3. The number of carbonyl (C=O) groups is 2. The number of carbonyl (C=O) groups excluding carboxylic acids is 1. The molecule has 0 amide bonds. The topological polar surface area (TPSA) is 123 Å². The number of hydrogen-bond acceptors (Lipinski definition) is 7. The Balaban J connectivity index is 1.57. The van der Waals surface area contributed by atoms with Gasteiger partial charge in [0.2, 0.25) is 0 Å². The summed E-state index contributed by atoms with van der Waals surface area (Å²) >= 11 is 0. The van der Waals surface area contributed by atoms with Gasteiger partial charge in [-0.05, 0) is 79.9 Å². The van der Waals surface area contributed by atoms with Gasteiger partial charge in [-0.1, -0.05) is 57.6 Å². The zero-order valence-electron chi connectivity index (χ0n) is 23.5. The lowest BCUT2D eigenvalue weighted by atomic mass is 9.73. The van der Waals surface area contributed by atoms with Gasteiger partial charge in [0, 0.05) is 0 Å². The van der Waals surface area contributed by atoms with Gasteiger partial charge in [-0.25, -0.2) is 9.59 Å². The molecule has 0 unspecified atom stereocenters. The number of carboxylic acid groups (broad SMARTS) is 1. The van der Waals surface area contributed by atoms with Gasteiger partial charge in [0.1, 0.15) is 18.5 Å². The van der Waals surface area contributed by atoms with Crippen LogP contribution in [0.5, 0.6) is 5.75 Å². The first-order valence-electron chi connectivity index (χ1n) is 14.9. The number of rotatable bonds is 19. The molecule has 5 atom stereocenters. The van der Waals surface area contributed by atoms with Crippen LogP contribution in [0.2, 0.25) is 0 Å². The molecule has 2 aliphatic carbocycles. The van der Waals surface area contributed by atoms with Crippen molar-refractivity contribution in [1.29, 1.82) is 0 Å². The minimum atomic E-state index is -0.996. The summed E-state index contributed by atoms with van der Waals surface area (Å²) in [5.41, 5.74) is 2.24. The second kappa shape index (κ2) is 16.8. The maximum Gasteiger partial charge on any atom is 0.341 e.